The summed E-state index contributed by atoms with van der Waals surface area (Å²) in [4.78, 5) is 0. The maximum Gasteiger partial charge on any atom is 0.00793 e. The van der Waals surface area contributed by atoms with E-state index in [2.05, 4.69) is 37.3 Å². The molecule has 1 unspecified atom stereocenters. The maximum absolute atomic E-state index is 6.24. The van der Waals surface area contributed by atoms with E-state index < -0.39 is 0 Å². The van der Waals surface area contributed by atoms with Gasteiger partial charge in [-0.05, 0) is 18.4 Å². The summed E-state index contributed by atoms with van der Waals surface area (Å²) >= 11 is 0. The summed E-state index contributed by atoms with van der Waals surface area (Å²) in [5.41, 5.74) is 7.62. The highest BCUT2D eigenvalue weighted by Crippen LogP contribution is 2.14. The first kappa shape index (κ1) is 21.2. The Balaban J connectivity index is 1.80. The van der Waals surface area contributed by atoms with Crippen LogP contribution in [0, 0.1) is 0 Å². The highest BCUT2D eigenvalue weighted by molar-refractivity contribution is 5.15. The monoisotopic (exact) mass is 331 g/mol. The Kier molecular flexibility index (Phi) is 13.9. The van der Waals surface area contributed by atoms with Crippen molar-refractivity contribution in [3.63, 3.8) is 0 Å². The highest BCUT2D eigenvalue weighted by atomic mass is 14.6. The van der Waals surface area contributed by atoms with E-state index in [9.17, 15) is 0 Å². The van der Waals surface area contributed by atoms with Crippen molar-refractivity contribution in [3.8, 4) is 0 Å². The number of benzene rings is 1. The fourth-order valence-corrected chi connectivity index (χ4v) is 3.44. The van der Waals surface area contributed by atoms with Crippen LogP contribution in [-0.4, -0.2) is 6.04 Å². The third-order valence-corrected chi connectivity index (χ3v) is 5.02. The summed E-state index contributed by atoms with van der Waals surface area (Å²) in [6, 6.07) is 11.0. The molecule has 0 aliphatic rings. The lowest BCUT2D eigenvalue weighted by atomic mass is 10.00. The van der Waals surface area contributed by atoms with Gasteiger partial charge in [-0.25, -0.2) is 0 Å². The van der Waals surface area contributed by atoms with E-state index >= 15 is 0 Å². The van der Waals surface area contributed by atoms with E-state index in [1.807, 2.05) is 0 Å². The lowest BCUT2D eigenvalue weighted by molar-refractivity contribution is 0.515. The van der Waals surface area contributed by atoms with Crippen molar-refractivity contribution in [2.75, 3.05) is 0 Å². The molecule has 0 fully saturated rings. The number of nitrogens with two attached hydrogens (primary N) is 1. The predicted molar refractivity (Wildman–Crippen MR) is 108 cm³/mol. The molecule has 1 nitrogen and oxygen atoms in total. The molecule has 0 aliphatic heterocycles. The second kappa shape index (κ2) is 15.7. The highest BCUT2D eigenvalue weighted by Gasteiger charge is 2.03. The SMILES string of the molecule is CCCCCCCCCCCCCCCC(N)Cc1ccccc1. The maximum atomic E-state index is 6.24. The Labute approximate surface area is 151 Å². The van der Waals surface area contributed by atoms with Crippen molar-refractivity contribution >= 4 is 0 Å². The van der Waals surface area contributed by atoms with Crippen LogP contribution in [0.15, 0.2) is 30.3 Å². The van der Waals surface area contributed by atoms with Gasteiger partial charge in [0, 0.05) is 6.04 Å². The molecule has 24 heavy (non-hydrogen) atoms. The van der Waals surface area contributed by atoms with Gasteiger partial charge in [-0.2, -0.15) is 0 Å². The van der Waals surface area contributed by atoms with Gasteiger partial charge in [0.1, 0.15) is 0 Å². The Morgan fingerprint density at radius 2 is 1.12 bits per heavy atom. The van der Waals surface area contributed by atoms with Gasteiger partial charge in [0.15, 0.2) is 0 Å². The first-order chi connectivity index (χ1) is 11.8. The van der Waals surface area contributed by atoms with Crippen molar-refractivity contribution in [3.05, 3.63) is 35.9 Å². The standard InChI is InChI=1S/C23H41N/c1-2-3-4-5-6-7-8-9-10-11-12-13-17-20-23(24)21-22-18-15-14-16-19-22/h14-16,18-19,23H,2-13,17,20-21,24H2,1H3. The third kappa shape index (κ3) is 12.6. The summed E-state index contributed by atoms with van der Waals surface area (Å²) in [7, 11) is 0. The lowest BCUT2D eigenvalue weighted by Gasteiger charge is -2.11. The molecule has 138 valence electrons. The molecule has 1 aromatic rings. The average molecular weight is 332 g/mol. The van der Waals surface area contributed by atoms with Gasteiger partial charge in [0.25, 0.3) is 0 Å². The predicted octanol–water partition coefficient (Wildman–Crippen LogP) is 7.04. The Hall–Kier alpha value is -0.820. The molecular weight excluding hydrogens is 290 g/mol. The summed E-state index contributed by atoms with van der Waals surface area (Å²) in [5, 5.41) is 0. The molecule has 1 rings (SSSR count). The van der Waals surface area contributed by atoms with Gasteiger partial charge in [-0.3, -0.25) is 0 Å². The zero-order valence-electron chi connectivity index (χ0n) is 16.1. The van der Waals surface area contributed by atoms with Gasteiger partial charge in [0.2, 0.25) is 0 Å². The zero-order chi connectivity index (χ0) is 17.3. The molecule has 2 N–H and O–H groups in total. The molecule has 1 aromatic carbocycles. The summed E-state index contributed by atoms with van der Waals surface area (Å²) in [6.45, 7) is 2.29. The Morgan fingerprint density at radius 1 is 0.667 bits per heavy atom. The minimum atomic E-state index is 0.333. The molecule has 0 saturated heterocycles. The molecule has 0 spiro atoms. The van der Waals surface area contributed by atoms with Crippen LogP contribution in [0.5, 0.6) is 0 Å². The number of hydrogen-bond acceptors (Lipinski definition) is 1. The van der Waals surface area contributed by atoms with Gasteiger partial charge in [-0.15, -0.1) is 0 Å². The molecule has 0 heterocycles. The second-order valence-corrected chi connectivity index (χ2v) is 7.48. The van der Waals surface area contributed by atoms with Crippen LogP contribution in [0.4, 0.5) is 0 Å². The number of hydrogen-bond donors (Lipinski definition) is 1. The molecule has 0 amide bonds. The first-order valence-electron chi connectivity index (χ1n) is 10.6. The van der Waals surface area contributed by atoms with Crippen molar-refractivity contribution in [1.29, 1.82) is 0 Å². The molecule has 0 aromatic heterocycles. The van der Waals surface area contributed by atoms with Crippen LogP contribution < -0.4 is 5.73 Å². The quantitative estimate of drug-likeness (QED) is 0.323. The number of rotatable bonds is 16. The van der Waals surface area contributed by atoms with E-state index in [1.54, 1.807) is 0 Å². The third-order valence-electron chi connectivity index (χ3n) is 5.02. The molecular formula is C23H41N. The number of unbranched alkanes of at least 4 members (excludes halogenated alkanes) is 12. The fourth-order valence-electron chi connectivity index (χ4n) is 3.44. The molecule has 1 atom stereocenters. The van der Waals surface area contributed by atoms with Crippen molar-refractivity contribution in [2.45, 2.75) is 109 Å². The fraction of sp³-hybridized carbons (Fsp3) is 0.739. The zero-order valence-corrected chi connectivity index (χ0v) is 16.1. The van der Waals surface area contributed by atoms with Gasteiger partial charge >= 0.3 is 0 Å². The van der Waals surface area contributed by atoms with Gasteiger partial charge < -0.3 is 5.73 Å². The van der Waals surface area contributed by atoms with E-state index in [1.165, 1.54) is 95.5 Å². The normalized spacial score (nSPS) is 12.4. The average Bonchev–Trinajstić information content (AvgIpc) is 2.60. The van der Waals surface area contributed by atoms with Crippen LogP contribution in [0.3, 0.4) is 0 Å². The Bertz CT molecular complexity index is 360. The van der Waals surface area contributed by atoms with E-state index in [0.717, 1.165) is 6.42 Å². The Morgan fingerprint density at radius 3 is 1.62 bits per heavy atom. The second-order valence-electron chi connectivity index (χ2n) is 7.48. The topological polar surface area (TPSA) is 26.0 Å². The summed E-state index contributed by atoms with van der Waals surface area (Å²) in [5.74, 6) is 0. The van der Waals surface area contributed by atoms with Crippen LogP contribution in [0.2, 0.25) is 0 Å². The van der Waals surface area contributed by atoms with Crippen LogP contribution >= 0.6 is 0 Å². The summed E-state index contributed by atoms with van der Waals surface area (Å²) < 4.78 is 0. The molecule has 0 radical (unpaired) electrons. The van der Waals surface area contributed by atoms with Gasteiger partial charge in [0.05, 0.1) is 0 Å². The first-order valence-corrected chi connectivity index (χ1v) is 10.6. The van der Waals surface area contributed by atoms with Crippen LogP contribution in [0.25, 0.3) is 0 Å². The van der Waals surface area contributed by atoms with E-state index in [-0.39, 0.29) is 0 Å². The summed E-state index contributed by atoms with van der Waals surface area (Å²) in [6.07, 6.45) is 20.6. The molecule has 0 bridgehead atoms. The smallest absolute Gasteiger partial charge is 0.00793 e. The van der Waals surface area contributed by atoms with Crippen molar-refractivity contribution < 1.29 is 0 Å². The van der Waals surface area contributed by atoms with Crippen molar-refractivity contribution in [2.24, 2.45) is 5.73 Å². The largest absolute Gasteiger partial charge is 0.327 e. The van der Waals surface area contributed by atoms with E-state index in [4.69, 9.17) is 5.73 Å². The van der Waals surface area contributed by atoms with Crippen molar-refractivity contribution in [1.82, 2.24) is 0 Å². The van der Waals surface area contributed by atoms with Crippen LogP contribution in [0.1, 0.15) is 102 Å². The van der Waals surface area contributed by atoms with Crippen LogP contribution in [-0.2, 0) is 6.42 Å². The minimum absolute atomic E-state index is 0.333. The lowest BCUT2D eigenvalue weighted by Crippen LogP contribution is -2.22. The van der Waals surface area contributed by atoms with Gasteiger partial charge in [-0.1, -0.05) is 121 Å². The molecule has 1 heteroatoms. The minimum Gasteiger partial charge on any atom is -0.327 e. The molecule has 0 saturated carbocycles. The van der Waals surface area contributed by atoms with E-state index in [0.29, 0.717) is 6.04 Å². The molecule has 0 aliphatic carbocycles.